The minimum absolute atomic E-state index is 0.577. The van der Waals surface area contributed by atoms with Crippen LogP contribution in [0.25, 0.3) is 23.1 Å². The molecule has 0 amide bonds. The van der Waals surface area contributed by atoms with E-state index in [0.29, 0.717) is 17.9 Å². The summed E-state index contributed by atoms with van der Waals surface area (Å²) < 4.78 is 0. The summed E-state index contributed by atoms with van der Waals surface area (Å²) in [6, 6.07) is 25.5. The zero-order valence-electron chi connectivity index (χ0n) is 18.9. The van der Waals surface area contributed by atoms with Gasteiger partial charge in [-0.3, -0.25) is 0 Å². The highest BCUT2D eigenvalue weighted by Gasteiger charge is 2.20. The van der Waals surface area contributed by atoms with E-state index in [-0.39, 0.29) is 0 Å². The van der Waals surface area contributed by atoms with Crippen molar-refractivity contribution in [2.24, 2.45) is 0 Å². The third kappa shape index (κ3) is 5.88. The van der Waals surface area contributed by atoms with Gasteiger partial charge in [0.2, 0.25) is 0 Å². The zero-order chi connectivity index (χ0) is 23.4. The maximum absolute atomic E-state index is 10.8. The maximum atomic E-state index is 10.8. The predicted octanol–water partition coefficient (Wildman–Crippen LogP) is 6.95. The van der Waals surface area contributed by atoms with E-state index >= 15 is 0 Å². The Bertz CT molecular complexity index is 1290. The first-order valence-electron chi connectivity index (χ1n) is 11.1. The summed E-state index contributed by atoms with van der Waals surface area (Å²) in [5.74, 6) is 0. The maximum Gasteiger partial charge on any atom is 0.0843 e. The number of hydrogen-bond donors (Lipinski definition) is 2. The lowest BCUT2D eigenvalue weighted by Crippen LogP contribution is -2.18. The molecule has 1 atom stereocenters. The van der Waals surface area contributed by atoms with Gasteiger partial charge in [-0.2, -0.15) is 0 Å². The predicted molar refractivity (Wildman–Crippen MR) is 137 cm³/mol. The molecule has 4 aromatic rings. The Morgan fingerprint density at radius 3 is 2.55 bits per heavy atom. The molecule has 1 aromatic heterocycles. The zero-order valence-corrected chi connectivity index (χ0v) is 19.6. The van der Waals surface area contributed by atoms with E-state index in [2.05, 4.69) is 4.98 Å². The molecular formula is C29H28ClNO2. The highest BCUT2D eigenvalue weighted by Crippen LogP contribution is 2.27. The number of benzene rings is 3. The van der Waals surface area contributed by atoms with E-state index in [0.717, 1.165) is 38.9 Å². The van der Waals surface area contributed by atoms with Crippen LogP contribution in [-0.4, -0.2) is 15.2 Å². The van der Waals surface area contributed by atoms with Crippen LogP contribution < -0.4 is 0 Å². The first kappa shape index (κ1) is 23.2. The number of aryl methyl sites for hydroxylation is 1. The summed E-state index contributed by atoms with van der Waals surface area (Å²) in [4.78, 5) is 4.66. The molecule has 0 unspecified atom stereocenters. The monoisotopic (exact) mass is 457 g/mol. The third-order valence-corrected chi connectivity index (χ3v) is 6.02. The normalized spacial score (nSPS) is 13.0. The first-order chi connectivity index (χ1) is 15.8. The van der Waals surface area contributed by atoms with Crippen LogP contribution in [0.3, 0.4) is 0 Å². The van der Waals surface area contributed by atoms with Crippen molar-refractivity contribution in [3.8, 4) is 0 Å². The van der Waals surface area contributed by atoms with E-state index < -0.39 is 11.7 Å². The number of rotatable bonds is 7. The standard InChI is InChI=1S/C29H28ClNO2/c1-29(2,33)26-9-4-3-7-21(26)13-17-28(32)23-8-5-6-20(18-23)10-15-25-16-12-22-11-14-24(30)19-27(22)31-25/h3-12,14-16,18-19,28,32-33H,13,17H2,1-2H3/b15-10-/t28-/m0/s1. The number of halogens is 1. The lowest BCUT2D eigenvalue weighted by atomic mass is 9.90. The molecule has 168 valence electrons. The number of aromatic nitrogens is 1. The fourth-order valence-corrected chi connectivity index (χ4v) is 4.21. The Morgan fingerprint density at radius 1 is 0.939 bits per heavy atom. The molecule has 3 nitrogen and oxygen atoms in total. The van der Waals surface area contributed by atoms with Crippen LogP contribution in [0, 0.1) is 0 Å². The number of pyridine rings is 1. The second-order valence-electron chi connectivity index (χ2n) is 8.85. The van der Waals surface area contributed by atoms with Crippen molar-refractivity contribution in [1.82, 2.24) is 4.98 Å². The summed E-state index contributed by atoms with van der Waals surface area (Å²) >= 11 is 6.09. The molecule has 0 radical (unpaired) electrons. The van der Waals surface area contributed by atoms with Crippen molar-refractivity contribution in [2.75, 3.05) is 0 Å². The Morgan fingerprint density at radius 2 is 1.73 bits per heavy atom. The Labute approximate surface area is 200 Å². The lowest BCUT2D eigenvalue weighted by Gasteiger charge is -2.22. The van der Waals surface area contributed by atoms with Crippen molar-refractivity contribution in [3.63, 3.8) is 0 Å². The molecule has 4 heteroatoms. The van der Waals surface area contributed by atoms with Crippen LogP contribution in [0.4, 0.5) is 0 Å². The molecule has 0 fully saturated rings. The molecular weight excluding hydrogens is 430 g/mol. The summed E-state index contributed by atoms with van der Waals surface area (Å²) in [7, 11) is 0. The summed E-state index contributed by atoms with van der Waals surface area (Å²) in [6.07, 6.45) is 4.64. The van der Waals surface area contributed by atoms with Crippen molar-refractivity contribution in [1.29, 1.82) is 0 Å². The molecule has 0 saturated heterocycles. The summed E-state index contributed by atoms with van der Waals surface area (Å²) in [5.41, 5.74) is 4.63. The highest BCUT2D eigenvalue weighted by atomic mass is 35.5. The number of aliphatic hydroxyl groups excluding tert-OH is 1. The van der Waals surface area contributed by atoms with Gasteiger partial charge in [0, 0.05) is 10.4 Å². The van der Waals surface area contributed by atoms with E-state index in [1.807, 2.05) is 91.0 Å². The van der Waals surface area contributed by atoms with Crippen molar-refractivity contribution in [2.45, 2.75) is 38.4 Å². The van der Waals surface area contributed by atoms with Crippen molar-refractivity contribution in [3.05, 3.63) is 112 Å². The number of aliphatic hydroxyl groups is 2. The largest absolute Gasteiger partial charge is 0.388 e. The molecule has 1 heterocycles. The quantitative estimate of drug-likeness (QED) is 0.315. The third-order valence-electron chi connectivity index (χ3n) is 5.78. The van der Waals surface area contributed by atoms with E-state index in [4.69, 9.17) is 11.6 Å². The molecule has 3 aromatic carbocycles. The van der Waals surface area contributed by atoms with Gasteiger partial charge in [0.25, 0.3) is 0 Å². The number of nitrogens with zero attached hydrogens (tertiary/aromatic N) is 1. The lowest BCUT2D eigenvalue weighted by molar-refractivity contribution is 0.0772. The fourth-order valence-electron chi connectivity index (χ4n) is 4.04. The average molecular weight is 458 g/mol. The SMILES string of the molecule is CC(C)(O)c1ccccc1CC[C@H](O)c1cccc(/C=C\c2ccc3ccc(Cl)cc3n2)c1. The van der Waals surface area contributed by atoms with Gasteiger partial charge in [0.1, 0.15) is 0 Å². The fraction of sp³-hybridized carbons (Fsp3) is 0.207. The van der Waals surface area contributed by atoms with Crippen molar-refractivity contribution < 1.29 is 10.2 Å². The van der Waals surface area contributed by atoms with Crippen LogP contribution in [-0.2, 0) is 12.0 Å². The highest BCUT2D eigenvalue weighted by molar-refractivity contribution is 6.31. The minimum Gasteiger partial charge on any atom is -0.388 e. The van der Waals surface area contributed by atoms with E-state index in [1.165, 1.54) is 0 Å². The summed E-state index contributed by atoms with van der Waals surface area (Å²) in [6.45, 7) is 3.58. The van der Waals surface area contributed by atoms with Gasteiger partial charge in [-0.15, -0.1) is 0 Å². The molecule has 0 aliphatic carbocycles. The molecule has 0 aliphatic rings. The van der Waals surface area contributed by atoms with Crippen LogP contribution in [0.5, 0.6) is 0 Å². The Hall–Kier alpha value is -2.98. The van der Waals surface area contributed by atoms with Gasteiger partial charge in [0.15, 0.2) is 0 Å². The van der Waals surface area contributed by atoms with Gasteiger partial charge < -0.3 is 10.2 Å². The van der Waals surface area contributed by atoms with Gasteiger partial charge in [-0.05, 0) is 79.3 Å². The van der Waals surface area contributed by atoms with Gasteiger partial charge in [-0.25, -0.2) is 4.98 Å². The van der Waals surface area contributed by atoms with Crippen LogP contribution in [0.15, 0.2) is 78.9 Å². The molecule has 2 N–H and O–H groups in total. The second kappa shape index (κ2) is 9.88. The number of hydrogen-bond acceptors (Lipinski definition) is 3. The molecule has 0 saturated carbocycles. The minimum atomic E-state index is -0.908. The topological polar surface area (TPSA) is 53.4 Å². The van der Waals surface area contributed by atoms with Gasteiger partial charge in [0.05, 0.1) is 22.9 Å². The van der Waals surface area contributed by atoms with Crippen LogP contribution in [0.1, 0.15) is 54.3 Å². The average Bonchev–Trinajstić information content (AvgIpc) is 2.80. The van der Waals surface area contributed by atoms with Gasteiger partial charge >= 0.3 is 0 Å². The molecule has 0 bridgehead atoms. The first-order valence-corrected chi connectivity index (χ1v) is 11.5. The Kier molecular flexibility index (Phi) is 6.94. The Balaban J connectivity index is 1.47. The second-order valence-corrected chi connectivity index (χ2v) is 9.28. The van der Waals surface area contributed by atoms with E-state index in [9.17, 15) is 10.2 Å². The summed E-state index contributed by atoms with van der Waals surface area (Å²) in [5, 5.41) is 23.0. The van der Waals surface area contributed by atoms with Crippen LogP contribution >= 0.6 is 11.6 Å². The van der Waals surface area contributed by atoms with Crippen LogP contribution in [0.2, 0.25) is 5.02 Å². The molecule has 0 spiro atoms. The van der Waals surface area contributed by atoms with Gasteiger partial charge in [-0.1, -0.05) is 72.3 Å². The van der Waals surface area contributed by atoms with E-state index in [1.54, 1.807) is 13.8 Å². The molecule has 33 heavy (non-hydrogen) atoms. The smallest absolute Gasteiger partial charge is 0.0843 e. The molecule has 0 aliphatic heterocycles. The van der Waals surface area contributed by atoms with Crippen molar-refractivity contribution >= 4 is 34.7 Å². The molecule has 4 rings (SSSR count). The number of fused-ring (bicyclic) bond motifs is 1.